The first kappa shape index (κ1) is 12.2. The highest BCUT2D eigenvalue weighted by Gasteiger charge is 2.40. The summed E-state index contributed by atoms with van der Waals surface area (Å²) in [5.74, 6) is 1.60. The minimum absolute atomic E-state index is 0.128. The van der Waals surface area contributed by atoms with E-state index in [1.54, 1.807) is 6.07 Å². The van der Waals surface area contributed by atoms with Crippen LogP contribution in [0.5, 0.6) is 0 Å². The maximum absolute atomic E-state index is 13.4. The molecule has 0 radical (unpaired) electrons. The lowest BCUT2D eigenvalue weighted by Crippen LogP contribution is -2.42. The van der Waals surface area contributed by atoms with Crippen molar-refractivity contribution in [3.8, 4) is 0 Å². The first-order valence-electron chi connectivity index (χ1n) is 7.14. The third-order valence-electron chi connectivity index (χ3n) is 4.85. The molecule has 0 saturated heterocycles. The van der Waals surface area contributed by atoms with Gasteiger partial charge in [0.15, 0.2) is 0 Å². The van der Waals surface area contributed by atoms with Crippen LogP contribution in [0.3, 0.4) is 0 Å². The van der Waals surface area contributed by atoms with E-state index in [0.29, 0.717) is 5.56 Å². The molecule has 2 saturated carbocycles. The van der Waals surface area contributed by atoms with Crippen LogP contribution in [0, 0.1) is 24.6 Å². The molecule has 2 N–H and O–H groups in total. The monoisotopic (exact) mass is 247 g/mol. The molecule has 0 heterocycles. The second-order valence-electron chi connectivity index (χ2n) is 6.31. The van der Waals surface area contributed by atoms with Crippen LogP contribution >= 0.6 is 0 Å². The molecule has 0 aromatic heterocycles. The van der Waals surface area contributed by atoms with Crippen molar-refractivity contribution in [3.05, 3.63) is 35.1 Å². The van der Waals surface area contributed by atoms with Crippen LogP contribution in [0.15, 0.2) is 18.2 Å². The van der Waals surface area contributed by atoms with Gasteiger partial charge >= 0.3 is 0 Å². The van der Waals surface area contributed by atoms with Gasteiger partial charge in [-0.25, -0.2) is 4.39 Å². The van der Waals surface area contributed by atoms with Crippen LogP contribution in [0.2, 0.25) is 0 Å². The quantitative estimate of drug-likeness (QED) is 0.843. The molecule has 98 valence electrons. The molecule has 1 aromatic carbocycles. The Balaban J connectivity index is 1.85. The molecular formula is C16H22FN. The van der Waals surface area contributed by atoms with Crippen molar-refractivity contribution >= 4 is 0 Å². The van der Waals surface area contributed by atoms with Crippen LogP contribution in [0.25, 0.3) is 0 Å². The third kappa shape index (κ3) is 2.18. The molecular weight excluding hydrogens is 225 g/mol. The Labute approximate surface area is 109 Å². The first-order chi connectivity index (χ1) is 8.58. The van der Waals surface area contributed by atoms with Gasteiger partial charge in [-0.05, 0) is 61.6 Å². The maximum atomic E-state index is 13.4. The van der Waals surface area contributed by atoms with E-state index in [2.05, 4.69) is 0 Å². The topological polar surface area (TPSA) is 26.0 Å². The summed E-state index contributed by atoms with van der Waals surface area (Å²) in [6.07, 6.45) is 7.47. The van der Waals surface area contributed by atoms with E-state index in [9.17, 15) is 4.39 Å². The van der Waals surface area contributed by atoms with E-state index >= 15 is 0 Å². The lowest BCUT2D eigenvalue weighted by molar-refractivity contribution is 0.206. The van der Waals surface area contributed by atoms with Gasteiger partial charge in [0, 0.05) is 5.54 Å². The van der Waals surface area contributed by atoms with Gasteiger partial charge in [0.25, 0.3) is 0 Å². The van der Waals surface area contributed by atoms with Gasteiger partial charge in [-0.15, -0.1) is 0 Å². The van der Waals surface area contributed by atoms with Gasteiger partial charge in [0.1, 0.15) is 5.82 Å². The molecule has 2 atom stereocenters. The fourth-order valence-electron chi connectivity index (χ4n) is 3.54. The third-order valence-corrected chi connectivity index (χ3v) is 4.85. The number of aryl methyl sites for hydroxylation is 1. The highest BCUT2D eigenvalue weighted by atomic mass is 19.1. The van der Waals surface area contributed by atoms with Crippen LogP contribution in [0.1, 0.15) is 49.7 Å². The molecule has 0 spiro atoms. The van der Waals surface area contributed by atoms with Gasteiger partial charge in [0.2, 0.25) is 0 Å². The van der Waals surface area contributed by atoms with Crippen LogP contribution in [0.4, 0.5) is 4.39 Å². The summed E-state index contributed by atoms with van der Waals surface area (Å²) in [6, 6.07) is 5.40. The molecule has 2 aliphatic rings. The fraction of sp³-hybridized carbons (Fsp3) is 0.625. The fourth-order valence-corrected chi connectivity index (χ4v) is 3.54. The molecule has 1 aromatic rings. The van der Waals surface area contributed by atoms with E-state index in [1.807, 2.05) is 19.1 Å². The molecule has 0 aliphatic heterocycles. The number of hydrogen-bond acceptors (Lipinski definition) is 1. The number of benzene rings is 1. The summed E-state index contributed by atoms with van der Waals surface area (Å²) < 4.78 is 13.4. The second-order valence-corrected chi connectivity index (χ2v) is 6.31. The van der Waals surface area contributed by atoms with E-state index in [1.165, 1.54) is 25.7 Å². The number of halogens is 1. The Morgan fingerprint density at radius 1 is 1.22 bits per heavy atom. The van der Waals surface area contributed by atoms with Gasteiger partial charge in [-0.3, -0.25) is 0 Å². The normalized spacial score (nSPS) is 32.5. The minimum Gasteiger partial charge on any atom is -0.321 e. The SMILES string of the molecule is Cc1cc(C2(N)CCCC(C3CC3)C2)ccc1F. The predicted octanol–water partition coefficient (Wildman–Crippen LogP) is 3.89. The average Bonchev–Trinajstić information content (AvgIpc) is 3.17. The van der Waals surface area contributed by atoms with Crippen LogP contribution in [-0.2, 0) is 5.54 Å². The standard InChI is InChI=1S/C16H22FN/c1-11-9-14(6-7-15(11)17)16(18)8-2-3-13(10-16)12-4-5-12/h6-7,9,12-13H,2-5,8,10,18H2,1H3. The lowest BCUT2D eigenvalue weighted by Gasteiger charge is -2.39. The summed E-state index contributed by atoms with van der Waals surface area (Å²) in [4.78, 5) is 0. The minimum atomic E-state index is -0.218. The van der Waals surface area contributed by atoms with Crippen LogP contribution < -0.4 is 5.73 Å². The zero-order valence-electron chi connectivity index (χ0n) is 11.1. The Morgan fingerprint density at radius 2 is 2.00 bits per heavy atom. The Bertz CT molecular complexity index is 452. The predicted molar refractivity (Wildman–Crippen MR) is 71.7 cm³/mol. The molecule has 2 fully saturated rings. The van der Waals surface area contributed by atoms with Crippen molar-refractivity contribution in [2.75, 3.05) is 0 Å². The van der Waals surface area contributed by atoms with Crippen molar-refractivity contribution in [1.82, 2.24) is 0 Å². The zero-order valence-corrected chi connectivity index (χ0v) is 11.1. The van der Waals surface area contributed by atoms with Crippen molar-refractivity contribution in [3.63, 3.8) is 0 Å². The lowest BCUT2D eigenvalue weighted by atomic mass is 9.71. The molecule has 3 rings (SSSR count). The Hall–Kier alpha value is -0.890. The van der Waals surface area contributed by atoms with Crippen molar-refractivity contribution in [2.45, 2.75) is 51.0 Å². The van der Waals surface area contributed by atoms with Gasteiger partial charge in [0.05, 0.1) is 0 Å². The number of rotatable bonds is 2. The summed E-state index contributed by atoms with van der Waals surface area (Å²) in [7, 11) is 0. The highest BCUT2D eigenvalue weighted by molar-refractivity contribution is 5.30. The van der Waals surface area contributed by atoms with Gasteiger partial charge in [-0.2, -0.15) is 0 Å². The van der Waals surface area contributed by atoms with Crippen molar-refractivity contribution in [2.24, 2.45) is 17.6 Å². The smallest absolute Gasteiger partial charge is 0.126 e. The zero-order chi connectivity index (χ0) is 12.8. The first-order valence-corrected chi connectivity index (χ1v) is 7.14. The van der Waals surface area contributed by atoms with Crippen molar-refractivity contribution in [1.29, 1.82) is 0 Å². The summed E-state index contributed by atoms with van der Waals surface area (Å²) >= 11 is 0. The van der Waals surface area contributed by atoms with Gasteiger partial charge < -0.3 is 5.73 Å². The molecule has 2 heteroatoms. The molecule has 18 heavy (non-hydrogen) atoms. The van der Waals surface area contributed by atoms with Crippen molar-refractivity contribution < 1.29 is 4.39 Å². The largest absolute Gasteiger partial charge is 0.321 e. The molecule has 0 bridgehead atoms. The molecule has 0 amide bonds. The highest BCUT2D eigenvalue weighted by Crippen LogP contribution is 2.48. The Morgan fingerprint density at radius 3 is 2.67 bits per heavy atom. The summed E-state index contributed by atoms with van der Waals surface area (Å²) in [5.41, 5.74) is 8.26. The molecule has 1 nitrogen and oxygen atoms in total. The Kier molecular flexibility index (Phi) is 2.93. The van der Waals surface area contributed by atoms with E-state index in [0.717, 1.165) is 30.2 Å². The average molecular weight is 247 g/mol. The van der Waals surface area contributed by atoms with E-state index < -0.39 is 0 Å². The second kappa shape index (κ2) is 4.34. The van der Waals surface area contributed by atoms with E-state index in [-0.39, 0.29) is 11.4 Å². The molecule has 2 unspecified atom stereocenters. The maximum Gasteiger partial charge on any atom is 0.126 e. The number of hydrogen-bond donors (Lipinski definition) is 1. The molecule has 2 aliphatic carbocycles. The van der Waals surface area contributed by atoms with E-state index in [4.69, 9.17) is 5.73 Å². The summed E-state index contributed by atoms with van der Waals surface area (Å²) in [5, 5.41) is 0. The summed E-state index contributed by atoms with van der Waals surface area (Å²) in [6.45, 7) is 1.82. The van der Waals surface area contributed by atoms with Gasteiger partial charge in [-0.1, -0.05) is 25.0 Å². The number of nitrogens with two attached hydrogens (primary N) is 1. The van der Waals surface area contributed by atoms with Crippen LogP contribution in [-0.4, -0.2) is 0 Å².